The molecule has 0 aromatic heterocycles. The fraction of sp³-hybridized carbons (Fsp3) is 0.188. The van der Waals surface area contributed by atoms with E-state index in [1.54, 1.807) is 0 Å². The summed E-state index contributed by atoms with van der Waals surface area (Å²) in [5.74, 6) is -0.0202. The van der Waals surface area contributed by atoms with Crippen molar-refractivity contribution >= 4 is 27.5 Å². The molecule has 0 bridgehead atoms. The monoisotopic (exact) mass is 332 g/mol. The molecule has 0 spiro atoms. The standard InChI is InChI=1S/C16H17BrN2O/c1-12-7-8-14(17)9-15(12)18-11-16(20)19-10-13-5-3-2-4-6-13/h2-9,18H,10-11H2,1H3,(H,19,20). The molecule has 104 valence electrons. The highest BCUT2D eigenvalue weighted by Gasteiger charge is 2.03. The second-order valence-corrected chi connectivity index (χ2v) is 5.49. The maximum absolute atomic E-state index is 11.8. The number of hydrogen-bond acceptors (Lipinski definition) is 2. The average molecular weight is 333 g/mol. The number of hydrogen-bond donors (Lipinski definition) is 2. The van der Waals surface area contributed by atoms with Gasteiger partial charge in [0.05, 0.1) is 6.54 Å². The largest absolute Gasteiger partial charge is 0.376 e. The molecule has 0 aliphatic carbocycles. The molecule has 0 fully saturated rings. The van der Waals surface area contributed by atoms with Gasteiger partial charge in [0.15, 0.2) is 0 Å². The molecule has 4 heteroatoms. The van der Waals surface area contributed by atoms with E-state index >= 15 is 0 Å². The van der Waals surface area contributed by atoms with Gasteiger partial charge in [0.1, 0.15) is 0 Å². The molecule has 2 aromatic rings. The third-order valence-corrected chi connectivity index (χ3v) is 3.46. The Morgan fingerprint density at radius 3 is 2.65 bits per heavy atom. The van der Waals surface area contributed by atoms with E-state index in [-0.39, 0.29) is 12.5 Å². The Morgan fingerprint density at radius 1 is 1.15 bits per heavy atom. The molecule has 0 atom stereocenters. The summed E-state index contributed by atoms with van der Waals surface area (Å²) in [6.07, 6.45) is 0. The molecule has 2 N–H and O–H groups in total. The highest BCUT2D eigenvalue weighted by Crippen LogP contribution is 2.20. The lowest BCUT2D eigenvalue weighted by Gasteiger charge is -2.10. The normalized spacial score (nSPS) is 10.1. The molecule has 0 saturated carbocycles. The minimum absolute atomic E-state index is 0.0202. The summed E-state index contributed by atoms with van der Waals surface area (Å²) in [6, 6.07) is 15.8. The summed E-state index contributed by atoms with van der Waals surface area (Å²) in [4.78, 5) is 11.8. The zero-order valence-electron chi connectivity index (χ0n) is 11.3. The Balaban J connectivity index is 1.82. The summed E-state index contributed by atoms with van der Waals surface area (Å²) in [5.41, 5.74) is 3.18. The summed E-state index contributed by atoms with van der Waals surface area (Å²) >= 11 is 3.42. The molecule has 1 amide bonds. The summed E-state index contributed by atoms with van der Waals surface area (Å²) in [6.45, 7) is 2.83. The maximum atomic E-state index is 11.8. The highest BCUT2D eigenvalue weighted by atomic mass is 79.9. The lowest BCUT2D eigenvalue weighted by molar-refractivity contribution is -0.119. The van der Waals surface area contributed by atoms with Crippen LogP contribution in [0.25, 0.3) is 0 Å². The number of halogens is 1. The molecule has 20 heavy (non-hydrogen) atoms. The third kappa shape index (κ3) is 4.38. The van der Waals surface area contributed by atoms with E-state index in [1.165, 1.54) is 0 Å². The Morgan fingerprint density at radius 2 is 1.90 bits per heavy atom. The van der Waals surface area contributed by atoms with E-state index in [9.17, 15) is 4.79 Å². The van der Waals surface area contributed by atoms with Crippen molar-refractivity contribution in [3.8, 4) is 0 Å². The lowest BCUT2D eigenvalue weighted by atomic mass is 10.2. The Bertz CT molecular complexity index is 584. The van der Waals surface area contributed by atoms with Gasteiger partial charge in [0.2, 0.25) is 5.91 Å². The average Bonchev–Trinajstić information content (AvgIpc) is 2.47. The number of anilines is 1. The van der Waals surface area contributed by atoms with E-state index < -0.39 is 0 Å². The van der Waals surface area contributed by atoms with Gasteiger partial charge >= 0.3 is 0 Å². The minimum atomic E-state index is -0.0202. The zero-order valence-corrected chi connectivity index (χ0v) is 12.9. The van der Waals surface area contributed by atoms with Crippen LogP contribution in [0.1, 0.15) is 11.1 Å². The third-order valence-electron chi connectivity index (χ3n) is 2.97. The van der Waals surface area contributed by atoms with Gasteiger partial charge in [0.25, 0.3) is 0 Å². The second-order valence-electron chi connectivity index (χ2n) is 4.58. The summed E-state index contributed by atoms with van der Waals surface area (Å²) in [5, 5.41) is 6.04. The van der Waals surface area contributed by atoms with E-state index in [0.29, 0.717) is 6.54 Å². The van der Waals surface area contributed by atoms with Gasteiger partial charge in [-0.05, 0) is 30.2 Å². The fourth-order valence-corrected chi connectivity index (χ4v) is 2.18. The van der Waals surface area contributed by atoms with Crippen molar-refractivity contribution in [3.05, 3.63) is 64.1 Å². The van der Waals surface area contributed by atoms with E-state index in [0.717, 1.165) is 21.3 Å². The SMILES string of the molecule is Cc1ccc(Br)cc1NCC(=O)NCc1ccccc1. The van der Waals surface area contributed by atoms with Crippen molar-refractivity contribution in [2.75, 3.05) is 11.9 Å². The van der Waals surface area contributed by atoms with Crippen LogP contribution < -0.4 is 10.6 Å². The molecule has 2 aromatic carbocycles. The van der Waals surface area contributed by atoms with Gasteiger partial charge in [-0.25, -0.2) is 0 Å². The smallest absolute Gasteiger partial charge is 0.239 e. The molecule has 0 heterocycles. The first-order valence-electron chi connectivity index (χ1n) is 6.46. The van der Waals surface area contributed by atoms with E-state index in [2.05, 4.69) is 26.6 Å². The van der Waals surface area contributed by atoms with Gasteiger partial charge in [-0.15, -0.1) is 0 Å². The first kappa shape index (κ1) is 14.6. The predicted molar refractivity (Wildman–Crippen MR) is 85.7 cm³/mol. The number of amides is 1. The number of nitrogens with one attached hydrogen (secondary N) is 2. The zero-order chi connectivity index (χ0) is 14.4. The summed E-state index contributed by atoms with van der Waals surface area (Å²) < 4.78 is 0.996. The first-order valence-corrected chi connectivity index (χ1v) is 7.25. The molecule has 2 rings (SSSR count). The topological polar surface area (TPSA) is 41.1 Å². The van der Waals surface area contributed by atoms with Gasteiger partial charge in [0, 0.05) is 16.7 Å². The molecular weight excluding hydrogens is 316 g/mol. The van der Waals surface area contributed by atoms with Crippen LogP contribution in [0.2, 0.25) is 0 Å². The second kappa shape index (κ2) is 7.10. The van der Waals surface area contributed by atoms with Gasteiger partial charge in [-0.1, -0.05) is 52.3 Å². The lowest BCUT2D eigenvalue weighted by Crippen LogP contribution is -2.29. The molecule has 3 nitrogen and oxygen atoms in total. The Hall–Kier alpha value is -1.81. The van der Waals surface area contributed by atoms with Gasteiger partial charge in [-0.3, -0.25) is 4.79 Å². The first-order chi connectivity index (χ1) is 9.65. The molecule has 0 aliphatic rings. The van der Waals surface area contributed by atoms with Crippen molar-refractivity contribution in [3.63, 3.8) is 0 Å². The van der Waals surface area contributed by atoms with Crippen LogP contribution in [0.4, 0.5) is 5.69 Å². The molecule has 0 unspecified atom stereocenters. The van der Waals surface area contributed by atoms with Crippen LogP contribution in [0.5, 0.6) is 0 Å². The van der Waals surface area contributed by atoms with Crippen molar-refractivity contribution in [2.45, 2.75) is 13.5 Å². The van der Waals surface area contributed by atoms with Crippen molar-refractivity contribution in [2.24, 2.45) is 0 Å². The number of benzene rings is 2. The number of aryl methyl sites for hydroxylation is 1. The minimum Gasteiger partial charge on any atom is -0.376 e. The summed E-state index contributed by atoms with van der Waals surface area (Å²) in [7, 11) is 0. The van der Waals surface area contributed by atoms with Crippen LogP contribution in [-0.4, -0.2) is 12.5 Å². The van der Waals surface area contributed by atoms with Crippen LogP contribution in [0, 0.1) is 6.92 Å². The number of rotatable bonds is 5. The maximum Gasteiger partial charge on any atom is 0.239 e. The van der Waals surface area contributed by atoms with Crippen LogP contribution in [0.15, 0.2) is 53.0 Å². The van der Waals surface area contributed by atoms with Gasteiger partial charge in [-0.2, -0.15) is 0 Å². The van der Waals surface area contributed by atoms with Crippen LogP contribution in [-0.2, 0) is 11.3 Å². The highest BCUT2D eigenvalue weighted by molar-refractivity contribution is 9.10. The Kier molecular flexibility index (Phi) is 5.18. The van der Waals surface area contributed by atoms with E-state index in [1.807, 2.05) is 55.5 Å². The predicted octanol–water partition coefficient (Wildman–Crippen LogP) is 3.49. The molecule has 0 radical (unpaired) electrons. The van der Waals surface area contributed by atoms with Crippen molar-refractivity contribution in [1.82, 2.24) is 5.32 Å². The molecular formula is C16H17BrN2O. The Labute approximate surface area is 127 Å². The fourth-order valence-electron chi connectivity index (χ4n) is 1.82. The molecule has 0 saturated heterocycles. The number of carbonyl (C=O) groups is 1. The quantitative estimate of drug-likeness (QED) is 0.879. The van der Waals surface area contributed by atoms with Crippen LogP contribution >= 0.6 is 15.9 Å². The van der Waals surface area contributed by atoms with Crippen LogP contribution in [0.3, 0.4) is 0 Å². The molecule has 0 aliphatic heterocycles. The van der Waals surface area contributed by atoms with Gasteiger partial charge < -0.3 is 10.6 Å². The van der Waals surface area contributed by atoms with Crippen molar-refractivity contribution < 1.29 is 4.79 Å². The number of carbonyl (C=O) groups excluding carboxylic acids is 1. The van der Waals surface area contributed by atoms with Crippen molar-refractivity contribution in [1.29, 1.82) is 0 Å². The van der Waals surface area contributed by atoms with E-state index in [4.69, 9.17) is 0 Å².